The van der Waals surface area contributed by atoms with E-state index in [1.54, 1.807) is 23.7 Å². The molecule has 68 valence electrons. The molecule has 2 heterocycles. The molecule has 5 heteroatoms. The topological polar surface area (TPSA) is 29.3 Å². The van der Waals surface area contributed by atoms with Gasteiger partial charge in [-0.15, -0.1) is 0 Å². The van der Waals surface area contributed by atoms with Crippen LogP contribution in [-0.2, 0) is 0 Å². The first-order valence-electron chi connectivity index (χ1n) is 3.72. The van der Waals surface area contributed by atoms with Crippen molar-refractivity contribution >= 4 is 23.1 Å². The molecule has 13 heavy (non-hydrogen) atoms. The van der Waals surface area contributed by atoms with Crippen LogP contribution in [0.4, 0.5) is 10.1 Å². The molecule has 3 nitrogen and oxygen atoms in total. The first-order valence-corrected chi connectivity index (χ1v) is 4.10. The van der Waals surface area contributed by atoms with Crippen LogP contribution in [0.25, 0.3) is 5.65 Å². The fourth-order valence-electron chi connectivity index (χ4n) is 1.23. The zero-order valence-corrected chi connectivity index (χ0v) is 7.64. The Morgan fingerprint density at radius 3 is 3.00 bits per heavy atom. The summed E-state index contributed by atoms with van der Waals surface area (Å²) in [6.45, 7) is 1.81. The zero-order chi connectivity index (χ0) is 9.42. The highest BCUT2D eigenvalue weighted by atomic mass is 35.5. The summed E-state index contributed by atoms with van der Waals surface area (Å²) in [5.41, 5.74) is 1.59. The first kappa shape index (κ1) is 8.31. The number of aryl methyl sites for hydroxylation is 1. The Hall–Kier alpha value is -1.29. The molecule has 1 N–H and O–H groups in total. The molecule has 2 aromatic heterocycles. The predicted molar refractivity (Wildman–Crippen MR) is 49.4 cm³/mol. The number of fused-ring (bicyclic) bond motifs is 1. The standard InChI is InChI=1S/C8H7ClFN3/c1-5-3-13-4-6(12-9)2-7(10)8(13)11-5/h2-4,12H,1H3. The molecule has 2 rings (SSSR count). The van der Waals surface area contributed by atoms with Crippen LogP contribution in [-0.4, -0.2) is 9.38 Å². The second kappa shape index (κ2) is 2.88. The number of nitrogens with one attached hydrogen (secondary N) is 1. The third kappa shape index (κ3) is 1.33. The average molecular weight is 200 g/mol. The molecule has 0 aromatic carbocycles. The number of rotatable bonds is 1. The van der Waals surface area contributed by atoms with Crippen LogP contribution in [0.2, 0.25) is 0 Å². The molecule has 0 saturated carbocycles. The van der Waals surface area contributed by atoms with Crippen LogP contribution < -0.4 is 4.84 Å². The van der Waals surface area contributed by atoms with Gasteiger partial charge >= 0.3 is 0 Å². The monoisotopic (exact) mass is 199 g/mol. The summed E-state index contributed by atoms with van der Waals surface area (Å²) in [5, 5.41) is 0. The molecule has 0 spiro atoms. The van der Waals surface area contributed by atoms with E-state index >= 15 is 0 Å². The largest absolute Gasteiger partial charge is 0.302 e. The van der Waals surface area contributed by atoms with E-state index in [0.29, 0.717) is 11.3 Å². The molecular formula is C8H7ClFN3. The Kier molecular flexibility index (Phi) is 1.84. The summed E-state index contributed by atoms with van der Waals surface area (Å²) in [6, 6.07) is 1.30. The first-order chi connectivity index (χ1) is 6.20. The van der Waals surface area contributed by atoms with E-state index < -0.39 is 5.82 Å². The van der Waals surface area contributed by atoms with Gasteiger partial charge in [-0.2, -0.15) is 0 Å². The van der Waals surface area contributed by atoms with Crippen LogP contribution in [0.15, 0.2) is 18.5 Å². The Morgan fingerprint density at radius 2 is 2.31 bits per heavy atom. The maximum atomic E-state index is 13.3. The van der Waals surface area contributed by atoms with Gasteiger partial charge in [0.25, 0.3) is 0 Å². The van der Waals surface area contributed by atoms with Crippen LogP contribution >= 0.6 is 11.8 Å². The second-order valence-corrected chi connectivity index (χ2v) is 2.97. The van der Waals surface area contributed by atoms with Gasteiger partial charge in [-0.1, -0.05) is 0 Å². The maximum absolute atomic E-state index is 13.3. The van der Waals surface area contributed by atoms with Crippen LogP contribution in [0.5, 0.6) is 0 Å². The van der Waals surface area contributed by atoms with Gasteiger partial charge in [0.05, 0.1) is 11.4 Å². The summed E-state index contributed by atoms with van der Waals surface area (Å²) in [6.07, 6.45) is 3.40. The normalized spacial score (nSPS) is 10.7. The van der Waals surface area contributed by atoms with Gasteiger partial charge in [-0.3, -0.25) is 4.84 Å². The number of pyridine rings is 1. The van der Waals surface area contributed by atoms with E-state index in [-0.39, 0.29) is 0 Å². The SMILES string of the molecule is Cc1cn2cc(NCl)cc(F)c2n1. The summed E-state index contributed by atoms with van der Waals surface area (Å²) >= 11 is 5.36. The third-order valence-corrected chi connectivity index (χ3v) is 1.95. The van der Waals surface area contributed by atoms with Gasteiger partial charge < -0.3 is 4.40 Å². The average Bonchev–Trinajstić information content (AvgIpc) is 2.46. The Morgan fingerprint density at radius 1 is 1.54 bits per heavy atom. The highest BCUT2D eigenvalue weighted by Crippen LogP contribution is 2.16. The molecule has 0 fully saturated rings. The van der Waals surface area contributed by atoms with Crippen molar-refractivity contribution in [1.82, 2.24) is 9.38 Å². The van der Waals surface area contributed by atoms with Crippen molar-refractivity contribution in [2.24, 2.45) is 0 Å². The predicted octanol–water partition coefficient (Wildman–Crippen LogP) is 2.35. The van der Waals surface area contributed by atoms with Crippen molar-refractivity contribution in [2.75, 3.05) is 4.84 Å². The highest BCUT2D eigenvalue weighted by Gasteiger charge is 2.05. The van der Waals surface area contributed by atoms with Gasteiger partial charge in [0.1, 0.15) is 0 Å². The minimum atomic E-state index is -0.390. The molecule has 2 aromatic rings. The van der Waals surface area contributed by atoms with Crippen LogP contribution in [0.3, 0.4) is 0 Å². The van der Waals surface area contributed by atoms with Crippen molar-refractivity contribution in [3.05, 3.63) is 30.0 Å². The molecule has 0 aliphatic rings. The summed E-state index contributed by atoms with van der Waals surface area (Å²) < 4.78 is 14.9. The quantitative estimate of drug-likeness (QED) is 0.715. The number of anilines is 1. The van der Waals surface area contributed by atoms with E-state index in [9.17, 15) is 4.39 Å². The molecule has 0 aliphatic heterocycles. The number of nitrogens with zero attached hydrogens (tertiary/aromatic N) is 2. The van der Waals surface area contributed by atoms with Gasteiger partial charge in [0, 0.05) is 30.2 Å². The number of hydrogen-bond donors (Lipinski definition) is 1. The van der Waals surface area contributed by atoms with Gasteiger partial charge in [0.2, 0.25) is 0 Å². The fourth-order valence-corrected chi connectivity index (χ4v) is 1.33. The van der Waals surface area contributed by atoms with E-state index in [1.807, 2.05) is 0 Å². The number of halogens is 2. The number of aromatic nitrogens is 2. The van der Waals surface area contributed by atoms with Crippen molar-refractivity contribution in [3.63, 3.8) is 0 Å². The lowest BCUT2D eigenvalue weighted by atomic mass is 10.4. The van der Waals surface area contributed by atoms with Crippen molar-refractivity contribution in [1.29, 1.82) is 0 Å². The molecule has 0 bridgehead atoms. The van der Waals surface area contributed by atoms with E-state index in [1.165, 1.54) is 6.07 Å². The molecular weight excluding hydrogens is 193 g/mol. The Balaban J connectivity index is 2.75. The van der Waals surface area contributed by atoms with E-state index in [0.717, 1.165) is 5.69 Å². The fraction of sp³-hybridized carbons (Fsp3) is 0.125. The van der Waals surface area contributed by atoms with Crippen LogP contribution in [0, 0.1) is 12.7 Å². The minimum Gasteiger partial charge on any atom is -0.302 e. The molecule has 0 saturated heterocycles. The van der Waals surface area contributed by atoms with E-state index in [4.69, 9.17) is 11.8 Å². The molecule has 0 atom stereocenters. The van der Waals surface area contributed by atoms with E-state index in [2.05, 4.69) is 9.82 Å². The molecule has 0 radical (unpaired) electrons. The summed E-state index contributed by atoms with van der Waals surface area (Å²) in [4.78, 5) is 6.36. The minimum absolute atomic E-state index is 0.313. The van der Waals surface area contributed by atoms with Crippen molar-refractivity contribution < 1.29 is 4.39 Å². The second-order valence-electron chi connectivity index (χ2n) is 2.78. The molecule has 0 aliphatic carbocycles. The van der Waals surface area contributed by atoms with Gasteiger partial charge in [0.15, 0.2) is 11.5 Å². The smallest absolute Gasteiger partial charge is 0.173 e. The lowest BCUT2D eigenvalue weighted by Crippen LogP contribution is -1.91. The van der Waals surface area contributed by atoms with Crippen molar-refractivity contribution in [2.45, 2.75) is 6.92 Å². The third-order valence-electron chi connectivity index (χ3n) is 1.74. The lowest BCUT2D eigenvalue weighted by molar-refractivity contribution is 0.630. The van der Waals surface area contributed by atoms with Gasteiger partial charge in [-0.25, -0.2) is 9.37 Å². The number of hydrogen-bond acceptors (Lipinski definition) is 2. The Bertz CT molecular complexity index is 452. The summed E-state index contributed by atoms with van der Waals surface area (Å²) in [7, 11) is 0. The number of imidazole rings is 1. The summed E-state index contributed by atoms with van der Waals surface area (Å²) in [5.74, 6) is -0.390. The highest BCUT2D eigenvalue weighted by molar-refractivity contribution is 6.23. The Labute approximate surface area is 79.3 Å². The lowest BCUT2D eigenvalue weighted by Gasteiger charge is -1.99. The van der Waals surface area contributed by atoms with Crippen LogP contribution in [0.1, 0.15) is 5.69 Å². The van der Waals surface area contributed by atoms with Crippen molar-refractivity contribution in [3.8, 4) is 0 Å². The van der Waals surface area contributed by atoms with Gasteiger partial charge in [-0.05, 0) is 6.92 Å². The maximum Gasteiger partial charge on any atom is 0.173 e. The molecule has 0 amide bonds. The molecule has 0 unspecified atom stereocenters. The zero-order valence-electron chi connectivity index (χ0n) is 6.88.